The summed E-state index contributed by atoms with van der Waals surface area (Å²) < 4.78 is 0. The van der Waals surface area contributed by atoms with Gasteiger partial charge in [-0.25, -0.2) is 9.97 Å². The van der Waals surface area contributed by atoms with Crippen molar-refractivity contribution in [1.82, 2.24) is 24.8 Å². The first kappa shape index (κ1) is 17.5. The van der Waals surface area contributed by atoms with Gasteiger partial charge in [-0.1, -0.05) is 6.07 Å². The topological polar surface area (TPSA) is 62.2 Å². The number of rotatable bonds is 3. The van der Waals surface area contributed by atoms with E-state index in [0.29, 0.717) is 5.56 Å². The van der Waals surface area contributed by atoms with Crippen molar-refractivity contribution in [1.29, 1.82) is 0 Å². The third-order valence-electron chi connectivity index (χ3n) is 5.09. The number of piperazine rings is 1. The van der Waals surface area contributed by atoms with Crippen LogP contribution in [0.5, 0.6) is 0 Å². The molecule has 0 spiro atoms. The number of amides is 1. The van der Waals surface area contributed by atoms with E-state index in [9.17, 15) is 4.79 Å². The van der Waals surface area contributed by atoms with Gasteiger partial charge in [0.15, 0.2) is 0 Å². The lowest BCUT2D eigenvalue weighted by atomic mass is 10.1. The van der Waals surface area contributed by atoms with E-state index in [1.165, 1.54) is 0 Å². The van der Waals surface area contributed by atoms with Gasteiger partial charge in [-0.15, -0.1) is 0 Å². The molecule has 1 aliphatic rings. The maximum absolute atomic E-state index is 12.9. The fourth-order valence-corrected chi connectivity index (χ4v) is 3.38. The number of carbonyl (C=O) groups is 1. The molecule has 1 aromatic carbocycles. The lowest BCUT2D eigenvalue weighted by Gasteiger charge is -2.34. The minimum absolute atomic E-state index is 0.0643. The molecule has 2 aromatic heterocycles. The summed E-state index contributed by atoms with van der Waals surface area (Å²) in [6.07, 6.45) is 1.82. The zero-order chi connectivity index (χ0) is 18.8. The summed E-state index contributed by atoms with van der Waals surface area (Å²) in [5.74, 6) is 0.0643. The fourth-order valence-electron chi connectivity index (χ4n) is 3.38. The summed E-state index contributed by atoms with van der Waals surface area (Å²) in [6, 6.07) is 11.6. The van der Waals surface area contributed by atoms with Crippen LogP contribution >= 0.6 is 0 Å². The lowest BCUT2D eigenvalue weighted by molar-refractivity contribution is 0.0627. The Kier molecular flexibility index (Phi) is 4.81. The van der Waals surface area contributed by atoms with Gasteiger partial charge in [0.05, 0.1) is 28.1 Å². The summed E-state index contributed by atoms with van der Waals surface area (Å²) >= 11 is 0. The van der Waals surface area contributed by atoms with Crippen molar-refractivity contribution in [2.45, 2.75) is 20.4 Å². The highest BCUT2D eigenvalue weighted by Gasteiger charge is 2.22. The molecule has 3 heterocycles. The van der Waals surface area contributed by atoms with E-state index in [1.54, 1.807) is 0 Å². The van der Waals surface area contributed by atoms with Gasteiger partial charge in [0, 0.05) is 44.5 Å². The number of aryl methyl sites for hydroxylation is 2. The van der Waals surface area contributed by atoms with Gasteiger partial charge in [0.25, 0.3) is 5.91 Å². The van der Waals surface area contributed by atoms with Crippen molar-refractivity contribution in [3.63, 3.8) is 0 Å². The Morgan fingerprint density at radius 2 is 1.70 bits per heavy atom. The van der Waals surface area contributed by atoms with Crippen LogP contribution in [-0.4, -0.2) is 56.8 Å². The monoisotopic (exact) mass is 361 g/mol. The molecular formula is C21H23N5O. The summed E-state index contributed by atoms with van der Waals surface area (Å²) in [4.78, 5) is 30.7. The van der Waals surface area contributed by atoms with E-state index >= 15 is 0 Å². The number of nitrogens with zero attached hydrogens (tertiary/aromatic N) is 5. The molecule has 0 N–H and O–H groups in total. The Labute approximate surface area is 158 Å². The lowest BCUT2D eigenvalue weighted by Crippen LogP contribution is -2.48. The average Bonchev–Trinajstić information content (AvgIpc) is 2.69. The first-order valence-corrected chi connectivity index (χ1v) is 9.27. The highest BCUT2D eigenvalue weighted by atomic mass is 16.2. The molecule has 4 rings (SSSR count). The van der Waals surface area contributed by atoms with Gasteiger partial charge < -0.3 is 4.90 Å². The average molecular weight is 361 g/mol. The van der Waals surface area contributed by atoms with Crippen LogP contribution in [0.1, 0.15) is 27.4 Å². The standard InChI is InChI=1S/C21H23N5O/c1-15-16(2)24-20-13-17(6-7-19(20)23-15)21(27)26-11-9-25(10-12-26)14-18-5-3-4-8-22-18/h3-8,13H,9-12,14H2,1-2H3. The molecular weight excluding hydrogens is 338 g/mol. The molecule has 6 heteroatoms. The van der Waals surface area contributed by atoms with E-state index in [2.05, 4.69) is 19.9 Å². The number of aromatic nitrogens is 3. The fraction of sp³-hybridized carbons (Fsp3) is 0.333. The maximum atomic E-state index is 12.9. The first-order chi connectivity index (χ1) is 13.1. The van der Waals surface area contributed by atoms with Gasteiger partial charge >= 0.3 is 0 Å². The van der Waals surface area contributed by atoms with Gasteiger partial charge in [-0.2, -0.15) is 0 Å². The third kappa shape index (κ3) is 3.80. The molecule has 0 saturated carbocycles. The Morgan fingerprint density at radius 3 is 2.41 bits per heavy atom. The highest BCUT2D eigenvalue weighted by Crippen LogP contribution is 2.17. The van der Waals surface area contributed by atoms with Crippen LogP contribution in [0, 0.1) is 13.8 Å². The highest BCUT2D eigenvalue weighted by molar-refractivity contribution is 5.97. The molecule has 1 amide bonds. The number of carbonyl (C=O) groups excluding carboxylic acids is 1. The summed E-state index contributed by atoms with van der Waals surface area (Å²) in [6.45, 7) is 7.88. The van der Waals surface area contributed by atoms with Crippen LogP contribution in [-0.2, 0) is 6.54 Å². The van der Waals surface area contributed by atoms with Crippen molar-refractivity contribution >= 4 is 16.9 Å². The zero-order valence-electron chi connectivity index (χ0n) is 15.7. The minimum Gasteiger partial charge on any atom is -0.336 e. The number of hydrogen-bond donors (Lipinski definition) is 0. The Balaban J connectivity index is 1.43. The second-order valence-electron chi connectivity index (χ2n) is 6.99. The smallest absolute Gasteiger partial charge is 0.254 e. The normalized spacial score (nSPS) is 15.3. The predicted molar refractivity (Wildman–Crippen MR) is 104 cm³/mol. The molecule has 1 aliphatic heterocycles. The summed E-state index contributed by atoms with van der Waals surface area (Å²) in [5.41, 5.74) is 5.17. The molecule has 6 nitrogen and oxygen atoms in total. The first-order valence-electron chi connectivity index (χ1n) is 9.27. The van der Waals surface area contributed by atoms with Crippen molar-refractivity contribution in [2.24, 2.45) is 0 Å². The second kappa shape index (κ2) is 7.40. The van der Waals surface area contributed by atoms with Crippen LogP contribution in [0.4, 0.5) is 0 Å². The van der Waals surface area contributed by atoms with Gasteiger partial charge in [0.2, 0.25) is 0 Å². The molecule has 1 saturated heterocycles. The Morgan fingerprint density at radius 1 is 0.963 bits per heavy atom. The largest absolute Gasteiger partial charge is 0.336 e. The number of fused-ring (bicyclic) bond motifs is 1. The van der Waals surface area contributed by atoms with Crippen LogP contribution < -0.4 is 0 Å². The third-order valence-corrected chi connectivity index (χ3v) is 5.09. The summed E-state index contributed by atoms with van der Waals surface area (Å²) in [7, 11) is 0. The minimum atomic E-state index is 0.0643. The number of hydrogen-bond acceptors (Lipinski definition) is 5. The van der Waals surface area contributed by atoms with E-state index in [4.69, 9.17) is 0 Å². The van der Waals surface area contributed by atoms with E-state index in [0.717, 1.165) is 60.8 Å². The van der Waals surface area contributed by atoms with Crippen molar-refractivity contribution in [2.75, 3.05) is 26.2 Å². The maximum Gasteiger partial charge on any atom is 0.254 e. The van der Waals surface area contributed by atoms with E-state index in [1.807, 2.05) is 61.3 Å². The SMILES string of the molecule is Cc1nc2ccc(C(=O)N3CCN(Cc4ccccn4)CC3)cc2nc1C. The van der Waals surface area contributed by atoms with Gasteiger partial charge in [-0.05, 0) is 44.2 Å². The van der Waals surface area contributed by atoms with Crippen molar-refractivity contribution in [3.8, 4) is 0 Å². The van der Waals surface area contributed by atoms with Crippen LogP contribution in [0.25, 0.3) is 11.0 Å². The second-order valence-corrected chi connectivity index (χ2v) is 6.99. The van der Waals surface area contributed by atoms with Gasteiger partial charge in [0.1, 0.15) is 0 Å². The summed E-state index contributed by atoms with van der Waals surface area (Å²) in [5, 5.41) is 0. The molecule has 27 heavy (non-hydrogen) atoms. The Hall–Kier alpha value is -2.86. The zero-order valence-corrected chi connectivity index (χ0v) is 15.7. The molecule has 0 radical (unpaired) electrons. The van der Waals surface area contributed by atoms with Crippen LogP contribution in [0.3, 0.4) is 0 Å². The van der Waals surface area contributed by atoms with Crippen LogP contribution in [0.15, 0.2) is 42.6 Å². The molecule has 1 fully saturated rings. The quantitative estimate of drug-likeness (QED) is 0.718. The predicted octanol–water partition coefficient (Wildman–Crippen LogP) is 2.60. The Bertz CT molecular complexity index is 965. The molecule has 0 atom stereocenters. The molecule has 138 valence electrons. The van der Waals surface area contributed by atoms with Gasteiger partial charge in [-0.3, -0.25) is 14.7 Å². The van der Waals surface area contributed by atoms with Crippen molar-refractivity contribution in [3.05, 3.63) is 65.2 Å². The van der Waals surface area contributed by atoms with Crippen molar-refractivity contribution < 1.29 is 4.79 Å². The van der Waals surface area contributed by atoms with Crippen LogP contribution in [0.2, 0.25) is 0 Å². The number of pyridine rings is 1. The molecule has 3 aromatic rings. The van der Waals surface area contributed by atoms with E-state index < -0.39 is 0 Å². The molecule has 0 aliphatic carbocycles. The molecule has 0 unspecified atom stereocenters. The van der Waals surface area contributed by atoms with E-state index in [-0.39, 0.29) is 5.91 Å². The number of benzene rings is 1. The molecule has 0 bridgehead atoms.